The van der Waals surface area contributed by atoms with E-state index >= 15 is 0 Å². The Labute approximate surface area is 128 Å². The summed E-state index contributed by atoms with van der Waals surface area (Å²) in [6.07, 6.45) is 1.60. The van der Waals surface area contributed by atoms with Crippen molar-refractivity contribution in [2.45, 2.75) is 6.92 Å². The quantitative estimate of drug-likeness (QED) is 0.790. The van der Waals surface area contributed by atoms with E-state index in [0.29, 0.717) is 21.4 Å². The molecule has 3 rings (SSSR count). The smallest absolute Gasteiger partial charge is 0.271 e. The minimum absolute atomic E-state index is 0.0193. The van der Waals surface area contributed by atoms with Gasteiger partial charge in [0.2, 0.25) is 0 Å². The number of anilines is 1. The van der Waals surface area contributed by atoms with Crippen LogP contribution in [-0.4, -0.2) is 15.3 Å². The van der Waals surface area contributed by atoms with Crippen molar-refractivity contribution in [3.8, 4) is 0 Å². The van der Waals surface area contributed by atoms with Crippen LogP contribution in [0.5, 0.6) is 0 Å². The van der Waals surface area contributed by atoms with Gasteiger partial charge in [-0.2, -0.15) is 0 Å². The number of hydrogen-bond donors (Lipinski definition) is 1. The van der Waals surface area contributed by atoms with Crippen LogP contribution in [0.2, 0.25) is 5.02 Å². The van der Waals surface area contributed by atoms with Crippen molar-refractivity contribution in [2.75, 3.05) is 5.32 Å². The molecule has 3 aromatic rings. The summed E-state index contributed by atoms with van der Waals surface area (Å²) in [5.74, 6) is -0.515. The number of benzene rings is 1. The highest BCUT2D eigenvalue weighted by molar-refractivity contribution is 7.15. The van der Waals surface area contributed by atoms with Crippen LogP contribution in [-0.2, 0) is 0 Å². The Bertz CT molecular complexity index is 901. The second-order valence-electron chi connectivity index (χ2n) is 4.37. The minimum atomic E-state index is -0.515. The first-order chi connectivity index (χ1) is 10.1. The summed E-state index contributed by atoms with van der Waals surface area (Å²) in [5.41, 5.74) is 0.486. The van der Waals surface area contributed by atoms with Gasteiger partial charge in [0.1, 0.15) is 5.56 Å². The maximum atomic E-state index is 12.4. The van der Waals surface area contributed by atoms with Crippen LogP contribution in [0.15, 0.2) is 40.6 Å². The Hall–Kier alpha value is -2.18. The van der Waals surface area contributed by atoms with Gasteiger partial charge in [-0.25, -0.2) is 4.98 Å². The van der Waals surface area contributed by atoms with Crippen molar-refractivity contribution in [3.63, 3.8) is 0 Å². The summed E-state index contributed by atoms with van der Waals surface area (Å²) in [6, 6.07) is 6.85. The van der Waals surface area contributed by atoms with E-state index in [-0.39, 0.29) is 11.1 Å². The molecule has 0 atom stereocenters. The molecule has 1 N–H and O–H groups in total. The van der Waals surface area contributed by atoms with Crippen molar-refractivity contribution in [2.24, 2.45) is 0 Å². The zero-order valence-electron chi connectivity index (χ0n) is 11.0. The van der Waals surface area contributed by atoms with Crippen molar-refractivity contribution in [1.29, 1.82) is 0 Å². The summed E-state index contributed by atoms with van der Waals surface area (Å²) in [7, 11) is 0. The first kappa shape index (κ1) is 13.8. The average Bonchev–Trinajstić information content (AvgIpc) is 2.90. The van der Waals surface area contributed by atoms with Crippen molar-refractivity contribution in [3.05, 3.63) is 62.5 Å². The molecule has 0 aliphatic heterocycles. The molecule has 5 nitrogen and oxygen atoms in total. The van der Waals surface area contributed by atoms with E-state index in [4.69, 9.17) is 11.6 Å². The molecule has 0 aliphatic carbocycles. The molecule has 21 heavy (non-hydrogen) atoms. The molecule has 0 saturated carbocycles. The molecular formula is C14H10ClN3O2S. The molecular weight excluding hydrogens is 310 g/mol. The number of carbonyl (C=O) groups is 1. The molecule has 0 spiro atoms. The van der Waals surface area contributed by atoms with Crippen molar-refractivity contribution < 1.29 is 4.79 Å². The van der Waals surface area contributed by atoms with Gasteiger partial charge in [0.25, 0.3) is 11.5 Å². The molecule has 0 fully saturated rings. The molecule has 106 valence electrons. The molecule has 1 aromatic carbocycles. The van der Waals surface area contributed by atoms with Gasteiger partial charge in [0.15, 0.2) is 4.96 Å². The lowest BCUT2D eigenvalue weighted by Crippen LogP contribution is -2.27. The molecule has 0 unspecified atom stereocenters. The minimum Gasteiger partial charge on any atom is -0.320 e. The maximum Gasteiger partial charge on any atom is 0.271 e. The van der Waals surface area contributed by atoms with Crippen LogP contribution in [0.25, 0.3) is 4.96 Å². The van der Waals surface area contributed by atoms with Crippen LogP contribution in [0.4, 0.5) is 5.69 Å². The fourth-order valence-electron chi connectivity index (χ4n) is 1.99. The number of para-hydroxylation sites is 1. The lowest BCUT2D eigenvalue weighted by atomic mass is 10.2. The number of carbonyl (C=O) groups excluding carboxylic acids is 1. The topological polar surface area (TPSA) is 63.5 Å². The third-order valence-corrected chi connectivity index (χ3v) is 4.08. The molecule has 0 bridgehead atoms. The second kappa shape index (κ2) is 5.31. The number of halogens is 1. The van der Waals surface area contributed by atoms with E-state index in [1.54, 1.807) is 42.8 Å². The van der Waals surface area contributed by atoms with Crippen molar-refractivity contribution >= 4 is 39.5 Å². The number of amides is 1. The Morgan fingerprint density at radius 1 is 1.38 bits per heavy atom. The van der Waals surface area contributed by atoms with Gasteiger partial charge in [-0.05, 0) is 19.1 Å². The number of aromatic nitrogens is 2. The van der Waals surface area contributed by atoms with Gasteiger partial charge in [0, 0.05) is 11.6 Å². The Morgan fingerprint density at radius 2 is 2.14 bits per heavy atom. The number of nitrogens with zero attached hydrogens (tertiary/aromatic N) is 2. The normalized spacial score (nSPS) is 10.8. The largest absolute Gasteiger partial charge is 0.320 e. The van der Waals surface area contributed by atoms with Gasteiger partial charge in [0.05, 0.1) is 16.4 Å². The third-order valence-electron chi connectivity index (χ3n) is 3.00. The molecule has 2 heterocycles. The zero-order chi connectivity index (χ0) is 15.0. The number of nitrogens with one attached hydrogen (secondary N) is 1. The highest BCUT2D eigenvalue weighted by atomic mass is 35.5. The zero-order valence-corrected chi connectivity index (χ0v) is 12.5. The first-order valence-electron chi connectivity index (χ1n) is 6.10. The number of thiazole rings is 1. The third kappa shape index (κ3) is 2.43. The average molecular weight is 320 g/mol. The Morgan fingerprint density at radius 3 is 2.90 bits per heavy atom. The van der Waals surface area contributed by atoms with Crippen molar-refractivity contribution in [1.82, 2.24) is 9.38 Å². The van der Waals surface area contributed by atoms with Gasteiger partial charge < -0.3 is 5.32 Å². The predicted octanol–water partition coefficient (Wildman–Crippen LogP) is 2.97. The summed E-state index contributed by atoms with van der Waals surface area (Å²) < 4.78 is 1.36. The Kier molecular flexibility index (Phi) is 3.48. The summed E-state index contributed by atoms with van der Waals surface area (Å²) in [6.45, 7) is 1.64. The van der Waals surface area contributed by atoms with Crippen LogP contribution in [0.3, 0.4) is 0 Å². The molecule has 1 amide bonds. The van der Waals surface area contributed by atoms with E-state index < -0.39 is 5.91 Å². The monoisotopic (exact) mass is 319 g/mol. The molecule has 0 radical (unpaired) electrons. The van der Waals surface area contributed by atoms with Gasteiger partial charge in [-0.1, -0.05) is 23.7 Å². The fraction of sp³-hybridized carbons (Fsp3) is 0.0714. The maximum absolute atomic E-state index is 12.4. The Balaban J connectivity index is 2.06. The van der Waals surface area contributed by atoms with E-state index in [9.17, 15) is 9.59 Å². The van der Waals surface area contributed by atoms with Gasteiger partial charge >= 0.3 is 0 Å². The lowest BCUT2D eigenvalue weighted by Gasteiger charge is -2.08. The first-order valence-corrected chi connectivity index (χ1v) is 7.36. The van der Waals surface area contributed by atoms with Gasteiger partial charge in [-0.15, -0.1) is 11.3 Å². The number of rotatable bonds is 2. The van der Waals surface area contributed by atoms with E-state index in [1.165, 1.54) is 15.7 Å². The molecule has 2 aromatic heterocycles. The van der Waals surface area contributed by atoms with Crippen LogP contribution >= 0.6 is 22.9 Å². The van der Waals surface area contributed by atoms with E-state index in [1.807, 2.05) is 0 Å². The van der Waals surface area contributed by atoms with Crippen LogP contribution in [0, 0.1) is 6.92 Å². The highest BCUT2D eigenvalue weighted by Crippen LogP contribution is 2.21. The molecule has 7 heteroatoms. The number of aryl methyl sites for hydroxylation is 1. The summed E-state index contributed by atoms with van der Waals surface area (Å²) >= 11 is 7.34. The van der Waals surface area contributed by atoms with Crippen LogP contribution < -0.4 is 10.9 Å². The van der Waals surface area contributed by atoms with E-state index in [2.05, 4.69) is 10.3 Å². The molecule has 0 saturated heterocycles. The fourth-order valence-corrected chi connectivity index (χ4v) is 2.93. The second-order valence-corrected chi connectivity index (χ2v) is 5.65. The summed E-state index contributed by atoms with van der Waals surface area (Å²) in [5, 5.41) is 4.80. The summed E-state index contributed by atoms with van der Waals surface area (Å²) in [4.78, 5) is 29.5. The SMILES string of the molecule is Cc1nc2sccn2c(=O)c1C(=O)Nc1ccccc1Cl. The number of hydrogen-bond acceptors (Lipinski definition) is 4. The predicted molar refractivity (Wildman–Crippen MR) is 83.5 cm³/mol. The lowest BCUT2D eigenvalue weighted by molar-refractivity contribution is 0.102. The number of fused-ring (bicyclic) bond motifs is 1. The van der Waals surface area contributed by atoms with Gasteiger partial charge in [-0.3, -0.25) is 14.0 Å². The highest BCUT2D eigenvalue weighted by Gasteiger charge is 2.18. The van der Waals surface area contributed by atoms with E-state index in [0.717, 1.165) is 0 Å². The molecule has 0 aliphatic rings. The van der Waals surface area contributed by atoms with Crippen LogP contribution in [0.1, 0.15) is 16.1 Å². The standard InChI is InChI=1S/C14H10ClN3O2S/c1-8-11(13(20)18-6-7-21-14(18)16-8)12(19)17-10-5-3-2-4-9(10)15/h2-7H,1H3,(H,17,19).